The van der Waals surface area contributed by atoms with Crippen LogP contribution in [0.3, 0.4) is 0 Å². The average molecular weight is 296 g/mol. The molecule has 4 heteroatoms. The van der Waals surface area contributed by atoms with Crippen LogP contribution < -0.4 is 0 Å². The van der Waals surface area contributed by atoms with Gasteiger partial charge in [-0.05, 0) is 49.9 Å². The number of fused-ring (bicyclic) bond motifs is 2. The third-order valence-corrected chi connectivity index (χ3v) is 6.39. The lowest BCUT2D eigenvalue weighted by molar-refractivity contribution is -0.568. The summed E-state index contributed by atoms with van der Waals surface area (Å²) in [6, 6.07) is 0. The first-order valence-corrected chi connectivity index (χ1v) is 8.86. The van der Waals surface area contributed by atoms with E-state index in [1.807, 2.05) is 0 Å². The molecule has 4 nitrogen and oxygen atoms in total. The summed E-state index contributed by atoms with van der Waals surface area (Å²) in [4.78, 5) is 12.1. The van der Waals surface area contributed by atoms with E-state index in [4.69, 9.17) is 19.2 Å². The summed E-state index contributed by atoms with van der Waals surface area (Å²) in [5.74, 6) is 1.13. The topological polar surface area (TPSA) is 36.9 Å². The molecular formula is C17H28O4. The third kappa shape index (κ3) is 2.03. The minimum Gasteiger partial charge on any atom is -0.349 e. The van der Waals surface area contributed by atoms with Gasteiger partial charge in [0.1, 0.15) is 0 Å². The first-order valence-electron chi connectivity index (χ1n) is 8.86. The summed E-state index contributed by atoms with van der Waals surface area (Å²) in [6.07, 6.45) is 8.61. The van der Waals surface area contributed by atoms with E-state index < -0.39 is 5.79 Å². The van der Waals surface area contributed by atoms with Gasteiger partial charge in [-0.1, -0.05) is 20.3 Å². The Bertz CT molecular complexity index is 396. The highest BCUT2D eigenvalue weighted by Crippen LogP contribution is 2.59. The lowest BCUT2D eigenvalue weighted by atomic mass is 9.61. The summed E-state index contributed by atoms with van der Waals surface area (Å²) >= 11 is 0. The Labute approximate surface area is 127 Å². The fourth-order valence-electron chi connectivity index (χ4n) is 5.14. The Morgan fingerprint density at radius 3 is 2.86 bits per heavy atom. The van der Waals surface area contributed by atoms with Gasteiger partial charge in [0, 0.05) is 12.8 Å². The highest BCUT2D eigenvalue weighted by Gasteiger charge is 2.67. The van der Waals surface area contributed by atoms with Crippen molar-refractivity contribution in [2.75, 3.05) is 6.61 Å². The third-order valence-electron chi connectivity index (χ3n) is 6.39. The molecule has 0 aromatic rings. The van der Waals surface area contributed by atoms with Crippen LogP contribution in [0.25, 0.3) is 0 Å². The molecule has 0 N–H and O–H groups in total. The highest BCUT2D eigenvalue weighted by atomic mass is 17.3. The number of rotatable bonds is 3. The van der Waals surface area contributed by atoms with E-state index in [1.165, 1.54) is 12.8 Å². The van der Waals surface area contributed by atoms with Gasteiger partial charge >= 0.3 is 0 Å². The maximum Gasteiger partial charge on any atom is 0.204 e. The summed E-state index contributed by atoms with van der Waals surface area (Å²) in [5, 5.41) is 0. The molecule has 1 aliphatic carbocycles. The summed E-state index contributed by atoms with van der Waals surface area (Å²) in [6.45, 7) is 5.36. The van der Waals surface area contributed by atoms with Crippen LogP contribution in [0.2, 0.25) is 0 Å². The molecule has 0 unspecified atom stereocenters. The second-order valence-electron chi connectivity index (χ2n) is 7.54. The highest BCUT2D eigenvalue weighted by molar-refractivity contribution is 5.07. The number of hydrogen-bond donors (Lipinski definition) is 0. The van der Waals surface area contributed by atoms with Gasteiger partial charge in [0.2, 0.25) is 5.79 Å². The van der Waals surface area contributed by atoms with E-state index in [1.54, 1.807) is 0 Å². The number of unbranched alkanes of at least 4 members (excludes halogenated alkanes) is 1. The average Bonchev–Trinajstić information content (AvgIpc) is 2.76. The lowest BCUT2D eigenvalue weighted by Gasteiger charge is -2.57. The van der Waals surface area contributed by atoms with Gasteiger partial charge in [0.15, 0.2) is 11.9 Å². The van der Waals surface area contributed by atoms with Crippen LogP contribution in [0.4, 0.5) is 0 Å². The lowest BCUT2D eigenvalue weighted by Crippen LogP contribution is -2.67. The number of ether oxygens (including phenoxy) is 2. The molecule has 2 bridgehead atoms. The summed E-state index contributed by atoms with van der Waals surface area (Å²) < 4.78 is 12.5. The Balaban J connectivity index is 1.68. The van der Waals surface area contributed by atoms with E-state index >= 15 is 0 Å². The van der Waals surface area contributed by atoms with E-state index in [0.29, 0.717) is 17.8 Å². The van der Waals surface area contributed by atoms with E-state index in [2.05, 4.69) is 13.8 Å². The minimum atomic E-state index is -0.565. The van der Waals surface area contributed by atoms with E-state index in [-0.39, 0.29) is 11.9 Å². The molecule has 5 aliphatic rings. The molecule has 6 atom stereocenters. The Morgan fingerprint density at radius 1 is 1.10 bits per heavy atom. The molecule has 5 rings (SSSR count). The van der Waals surface area contributed by atoms with Crippen LogP contribution in [0.1, 0.15) is 65.2 Å². The SMILES string of the molecule is CCCC[C@@]12CC[C@H]3[C@H](C)CC[C@H]4CCO[C@H](O1)[C@@]43OO2. The van der Waals surface area contributed by atoms with Crippen LogP contribution in [0.15, 0.2) is 0 Å². The van der Waals surface area contributed by atoms with Gasteiger partial charge in [0.25, 0.3) is 0 Å². The van der Waals surface area contributed by atoms with Crippen LogP contribution in [0.5, 0.6) is 0 Å². The fourth-order valence-corrected chi connectivity index (χ4v) is 5.14. The molecule has 1 spiro atoms. The van der Waals surface area contributed by atoms with E-state index in [0.717, 1.165) is 45.1 Å². The van der Waals surface area contributed by atoms with Crippen molar-refractivity contribution < 1.29 is 19.2 Å². The van der Waals surface area contributed by atoms with Crippen molar-refractivity contribution in [2.45, 2.75) is 82.9 Å². The van der Waals surface area contributed by atoms with Gasteiger partial charge in [-0.25, -0.2) is 9.78 Å². The molecule has 21 heavy (non-hydrogen) atoms. The van der Waals surface area contributed by atoms with Crippen LogP contribution >= 0.6 is 0 Å². The second kappa shape index (κ2) is 5.19. The van der Waals surface area contributed by atoms with Gasteiger partial charge in [0.05, 0.1) is 6.61 Å². The normalized spacial score (nSPS) is 52.3. The first kappa shape index (κ1) is 14.4. The van der Waals surface area contributed by atoms with Gasteiger partial charge in [-0.3, -0.25) is 0 Å². The maximum absolute atomic E-state index is 6.41. The van der Waals surface area contributed by atoms with Crippen molar-refractivity contribution in [1.82, 2.24) is 0 Å². The van der Waals surface area contributed by atoms with Gasteiger partial charge in [-0.15, -0.1) is 0 Å². The smallest absolute Gasteiger partial charge is 0.204 e. The predicted octanol–water partition coefficient (Wildman–Crippen LogP) is 3.79. The molecule has 0 aromatic carbocycles. The van der Waals surface area contributed by atoms with Crippen molar-refractivity contribution in [3.8, 4) is 0 Å². The van der Waals surface area contributed by atoms with Gasteiger partial charge in [-0.2, -0.15) is 0 Å². The predicted molar refractivity (Wildman–Crippen MR) is 77.2 cm³/mol. The zero-order valence-corrected chi connectivity index (χ0v) is 13.3. The molecule has 4 heterocycles. The largest absolute Gasteiger partial charge is 0.349 e. The molecule has 120 valence electrons. The standard InChI is InChI=1S/C17H28O4/c1-3-4-9-16-10-7-14-12(2)5-6-13-8-11-18-15(19-16)17(13,14)21-20-16/h12-15H,3-11H2,1-2H3/t12-,13+,14+,15-,16-,17-/m1/s1. The molecule has 0 radical (unpaired) electrons. The Kier molecular flexibility index (Phi) is 3.57. The first-order chi connectivity index (χ1) is 10.2. The Hall–Kier alpha value is -0.160. The second-order valence-corrected chi connectivity index (χ2v) is 7.54. The quantitative estimate of drug-likeness (QED) is 0.742. The molecule has 1 saturated carbocycles. The van der Waals surface area contributed by atoms with Crippen molar-refractivity contribution in [1.29, 1.82) is 0 Å². The minimum absolute atomic E-state index is 0.225. The van der Waals surface area contributed by atoms with Crippen LogP contribution in [0, 0.1) is 17.8 Å². The van der Waals surface area contributed by atoms with Crippen molar-refractivity contribution in [3.63, 3.8) is 0 Å². The molecule has 0 amide bonds. The van der Waals surface area contributed by atoms with Crippen LogP contribution in [-0.4, -0.2) is 24.3 Å². The Morgan fingerprint density at radius 2 is 2.00 bits per heavy atom. The fraction of sp³-hybridized carbons (Fsp3) is 1.00. The maximum atomic E-state index is 6.41. The summed E-state index contributed by atoms with van der Waals surface area (Å²) in [7, 11) is 0. The zero-order valence-electron chi connectivity index (χ0n) is 13.3. The molecule has 4 aliphatic heterocycles. The van der Waals surface area contributed by atoms with Crippen molar-refractivity contribution in [2.24, 2.45) is 17.8 Å². The molecule has 0 aromatic heterocycles. The van der Waals surface area contributed by atoms with Gasteiger partial charge < -0.3 is 9.47 Å². The molecule has 5 fully saturated rings. The number of hydrogen-bond acceptors (Lipinski definition) is 4. The summed E-state index contributed by atoms with van der Waals surface area (Å²) in [5.41, 5.74) is -0.345. The monoisotopic (exact) mass is 296 g/mol. The van der Waals surface area contributed by atoms with Crippen LogP contribution in [-0.2, 0) is 19.2 Å². The molecular weight excluding hydrogens is 268 g/mol. The van der Waals surface area contributed by atoms with Crippen molar-refractivity contribution >= 4 is 0 Å². The zero-order chi connectivity index (χ0) is 14.5. The van der Waals surface area contributed by atoms with E-state index in [9.17, 15) is 0 Å². The molecule has 4 saturated heterocycles. The van der Waals surface area contributed by atoms with Crippen molar-refractivity contribution in [3.05, 3.63) is 0 Å².